The number of benzene rings is 2. The lowest BCUT2D eigenvalue weighted by Crippen LogP contribution is -2.38. The molecule has 4 aromatic rings. The van der Waals surface area contributed by atoms with Gasteiger partial charge in [0.15, 0.2) is 0 Å². The normalized spacial score (nSPS) is 15.0. The Morgan fingerprint density at radius 3 is 2.35 bits per heavy atom. The van der Waals surface area contributed by atoms with E-state index in [4.69, 9.17) is 14.6 Å². The minimum Gasteiger partial charge on any atom is -0.497 e. The maximum atomic E-state index is 13.9. The fourth-order valence-electron chi connectivity index (χ4n) is 5.13. The fraction of sp³-hybridized carbons (Fsp3) is 0.310. The van der Waals surface area contributed by atoms with Gasteiger partial charge in [-0.1, -0.05) is 30.3 Å². The SMILES string of the molecule is COc1ccc([C@H]2CC(=O)N(Cc3ccccc3C)c3c2c(C)nn3-c2nc(C)cc(C)n2)c(OC)c1. The van der Waals surface area contributed by atoms with Crippen LogP contribution in [0.2, 0.25) is 0 Å². The lowest BCUT2D eigenvalue weighted by atomic mass is 9.84. The molecule has 37 heavy (non-hydrogen) atoms. The van der Waals surface area contributed by atoms with Gasteiger partial charge in [-0.2, -0.15) is 9.78 Å². The molecule has 190 valence electrons. The standard InChI is InChI=1S/C29H31N5O3/c1-17-9-7-8-10-21(17)16-33-26(35)15-24(23-12-11-22(36-5)14-25(23)37-6)27-20(4)32-34(28(27)33)29-30-18(2)13-19(3)31-29/h7-14,24H,15-16H2,1-6H3/t24-/m1/s1. The summed E-state index contributed by atoms with van der Waals surface area (Å²) in [6, 6.07) is 15.8. The van der Waals surface area contributed by atoms with Crippen molar-refractivity contribution in [1.82, 2.24) is 19.7 Å². The van der Waals surface area contributed by atoms with E-state index in [2.05, 4.69) is 29.0 Å². The van der Waals surface area contributed by atoms with Crippen LogP contribution >= 0.6 is 0 Å². The van der Waals surface area contributed by atoms with Crippen LogP contribution in [0.4, 0.5) is 5.82 Å². The van der Waals surface area contributed by atoms with Crippen LogP contribution in [-0.2, 0) is 11.3 Å². The smallest absolute Gasteiger partial charge is 0.252 e. The summed E-state index contributed by atoms with van der Waals surface area (Å²) in [5, 5.41) is 4.89. The van der Waals surface area contributed by atoms with Gasteiger partial charge in [0, 0.05) is 40.9 Å². The number of nitrogens with zero attached hydrogens (tertiary/aromatic N) is 5. The molecule has 0 aliphatic carbocycles. The minimum atomic E-state index is -0.240. The zero-order chi connectivity index (χ0) is 26.3. The molecule has 2 aromatic heterocycles. The molecule has 1 aliphatic rings. The molecule has 3 heterocycles. The molecule has 0 fully saturated rings. The molecule has 0 radical (unpaired) electrons. The minimum absolute atomic E-state index is 0.00384. The number of aromatic nitrogens is 4. The lowest BCUT2D eigenvalue weighted by Gasteiger charge is -2.33. The third-order valence-corrected chi connectivity index (χ3v) is 6.93. The van der Waals surface area contributed by atoms with E-state index in [0.717, 1.165) is 39.3 Å². The molecule has 1 aliphatic heterocycles. The highest BCUT2D eigenvalue weighted by Crippen LogP contribution is 2.46. The van der Waals surface area contributed by atoms with Gasteiger partial charge in [-0.3, -0.25) is 9.69 Å². The topological polar surface area (TPSA) is 82.4 Å². The van der Waals surface area contributed by atoms with E-state index in [0.29, 0.717) is 36.2 Å². The highest BCUT2D eigenvalue weighted by Gasteiger charge is 2.39. The largest absolute Gasteiger partial charge is 0.497 e. The van der Waals surface area contributed by atoms with E-state index < -0.39 is 0 Å². The van der Waals surface area contributed by atoms with Gasteiger partial charge in [0.2, 0.25) is 5.91 Å². The van der Waals surface area contributed by atoms with Gasteiger partial charge in [0.25, 0.3) is 5.95 Å². The van der Waals surface area contributed by atoms with Crippen molar-refractivity contribution in [2.24, 2.45) is 0 Å². The number of fused-ring (bicyclic) bond motifs is 1. The van der Waals surface area contributed by atoms with Gasteiger partial charge in [0.1, 0.15) is 17.3 Å². The molecule has 5 rings (SSSR count). The highest BCUT2D eigenvalue weighted by molar-refractivity contribution is 5.97. The van der Waals surface area contributed by atoms with Crippen molar-refractivity contribution >= 4 is 11.7 Å². The first-order valence-corrected chi connectivity index (χ1v) is 12.3. The number of rotatable bonds is 6. The Morgan fingerprint density at radius 2 is 1.68 bits per heavy atom. The van der Waals surface area contributed by atoms with Crippen LogP contribution in [0.5, 0.6) is 11.5 Å². The van der Waals surface area contributed by atoms with Gasteiger partial charge in [-0.25, -0.2) is 9.97 Å². The molecule has 0 unspecified atom stereocenters. The van der Waals surface area contributed by atoms with Crippen LogP contribution < -0.4 is 14.4 Å². The molecule has 1 amide bonds. The molecule has 0 spiro atoms. The molecule has 8 heteroatoms. The summed E-state index contributed by atoms with van der Waals surface area (Å²) in [6.07, 6.45) is 0.293. The van der Waals surface area contributed by atoms with Crippen LogP contribution in [0.25, 0.3) is 5.95 Å². The first-order valence-electron chi connectivity index (χ1n) is 12.3. The summed E-state index contributed by atoms with van der Waals surface area (Å²) in [7, 11) is 3.26. The predicted octanol–water partition coefficient (Wildman–Crippen LogP) is 4.98. The number of hydrogen-bond donors (Lipinski definition) is 0. The zero-order valence-electron chi connectivity index (χ0n) is 22.1. The summed E-state index contributed by atoms with van der Waals surface area (Å²) >= 11 is 0. The first-order chi connectivity index (χ1) is 17.8. The summed E-state index contributed by atoms with van der Waals surface area (Å²) in [4.78, 5) is 25.1. The molecule has 2 aromatic carbocycles. The van der Waals surface area contributed by atoms with E-state index in [1.807, 2.05) is 62.1 Å². The Hall–Kier alpha value is -4.20. The van der Waals surface area contributed by atoms with Gasteiger partial charge in [-0.15, -0.1) is 0 Å². The van der Waals surface area contributed by atoms with Gasteiger partial charge in [-0.05, 0) is 51.0 Å². The Bertz CT molecular complexity index is 1470. The summed E-state index contributed by atoms with van der Waals surface area (Å²) in [5.41, 5.74) is 6.59. The summed E-state index contributed by atoms with van der Waals surface area (Å²) < 4.78 is 12.9. The van der Waals surface area contributed by atoms with E-state index in [1.165, 1.54) is 0 Å². The number of aryl methyl sites for hydroxylation is 4. The molecule has 0 N–H and O–H groups in total. The van der Waals surface area contributed by atoms with Gasteiger partial charge < -0.3 is 9.47 Å². The number of anilines is 1. The van der Waals surface area contributed by atoms with Crippen molar-refractivity contribution in [1.29, 1.82) is 0 Å². The Balaban J connectivity index is 1.73. The third kappa shape index (κ3) is 4.43. The van der Waals surface area contributed by atoms with Gasteiger partial charge in [0.05, 0.1) is 26.5 Å². The third-order valence-electron chi connectivity index (χ3n) is 6.93. The first kappa shape index (κ1) is 24.5. The monoisotopic (exact) mass is 497 g/mol. The number of carbonyl (C=O) groups is 1. The van der Waals surface area contributed by atoms with Crippen molar-refractivity contribution in [2.75, 3.05) is 19.1 Å². The number of carbonyl (C=O) groups excluding carboxylic acids is 1. The zero-order valence-corrected chi connectivity index (χ0v) is 22.1. The predicted molar refractivity (Wildman–Crippen MR) is 142 cm³/mol. The highest BCUT2D eigenvalue weighted by atomic mass is 16.5. The van der Waals surface area contributed by atoms with Gasteiger partial charge >= 0.3 is 0 Å². The molecule has 0 saturated heterocycles. The van der Waals surface area contributed by atoms with E-state index in [-0.39, 0.29) is 11.8 Å². The maximum Gasteiger partial charge on any atom is 0.252 e. The van der Waals surface area contributed by atoms with Crippen molar-refractivity contribution in [3.05, 3.63) is 87.9 Å². The quantitative estimate of drug-likeness (QED) is 0.374. The number of hydrogen-bond acceptors (Lipinski definition) is 6. The van der Waals surface area contributed by atoms with Crippen LogP contribution in [0.1, 0.15) is 51.7 Å². The van der Waals surface area contributed by atoms with E-state index >= 15 is 0 Å². The van der Waals surface area contributed by atoms with Crippen molar-refractivity contribution < 1.29 is 14.3 Å². The molecule has 0 bridgehead atoms. The molecule has 8 nitrogen and oxygen atoms in total. The average Bonchev–Trinajstić information content (AvgIpc) is 3.23. The molecular weight excluding hydrogens is 466 g/mol. The van der Waals surface area contributed by atoms with Crippen LogP contribution in [0, 0.1) is 27.7 Å². The van der Waals surface area contributed by atoms with Crippen LogP contribution in [0.15, 0.2) is 48.5 Å². The second-order valence-corrected chi connectivity index (χ2v) is 9.46. The lowest BCUT2D eigenvalue weighted by molar-refractivity contribution is -0.119. The Labute approximate surface area is 216 Å². The number of methoxy groups -OCH3 is 2. The Morgan fingerprint density at radius 1 is 0.946 bits per heavy atom. The molecule has 0 saturated carbocycles. The van der Waals surface area contributed by atoms with Crippen molar-refractivity contribution in [3.8, 4) is 17.4 Å². The molecule has 1 atom stereocenters. The number of ether oxygens (including phenoxy) is 2. The maximum absolute atomic E-state index is 13.9. The molecular formula is C29H31N5O3. The number of amides is 1. The van der Waals surface area contributed by atoms with E-state index in [9.17, 15) is 4.79 Å². The van der Waals surface area contributed by atoms with Crippen LogP contribution in [0.3, 0.4) is 0 Å². The summed E-state index contributed by atoms with van der Waals surface area (Å²) in [6.45, 7) is 8.33. The second kappa shape index (κ2) is 9.69. The fourth-order valence-corrected chi connectivity index (χ4v) is 5.13. The Kier molecular flexibility index (Phi) is 6.41. The van der Waals surface area contributed by atoms with Crippen LogP contribution in [-0.4, -0.2) is 39.9 Å². The van der Waals surface area contributed by atoms with Crippen molar-refractivity contribution in [2.45, 2.75) is 46.6 Å². The second-order valence-electron chi connectivity index (χ2n) is 9.46. The average molecular weight is 498 g/mol. The summed E-state index contributed by atoms with van der Waals surface area (Å²) in [5.74, 6) is 2.28. The van der Waals surface area contributed by atoms with Crippen molar-refractivity contribution in [3.63, 3.8) is 0 Å². The van der Waals surface area contributed by atoms with E-state index in [1.54, 1.807) is 18.9 Å².